The Labute approximate surface area is 149 Å². The molecule has 8 heteroatoms. The first-order valence-corrected chi connectivity index (χ1v) is 7.97. The predicted molar refractivity (Wildman–Crippen MR) is 95.2 cm³/mol. The molecule has 8 nitrogen and oxygen atoms in total. The SMILES string of the molecule is COc1cccc(N2CC(C(=O)Nc3ccc([N+](=O)[O-])cc3)CC2=O)c1. The van der Waals surface area contributed by atoms with Crippen molar-refractivity contribution in [2.75, 3.05) is 23.9 Å². The summed E-state index contributed by atoms with van der Waals surface area (Å²) in [7, 11) is 1.55. The second-order valence-corrected chi connectivity index (χ2v) is 5.90. The molecule has 26 heavy (non-hydrogen) atoms. The lowest BCUT2D eigenvalue weighted by Crippen LogP contribution is -2.28. The minimum atomic E-state index is -0.507. The molecule has 1 heterocycles. The van der Waals surface area contributed by atoms with Gasteiger partial charge in [0.25, 0.3) is 5.69 Å². The maximum atomic E-state index is 12.4. The molecule has 0 aromatic heterocycles. The maximum absolute atomic E-state index is 12.4. The Balaban J connectivity index is 1.67. The molecule has 1 aliphatic rings. The normalized spacial score (nSPS) is 16.4. The molecule has 0 bridgehead atoms. The summed E-state index contributed by atoms with van der Waals surface area (Å²) in [4.78, 5) is 36.4. The highest BCUT2D eigenvalue weighted by Gasteiger charge is 2.35. The maximum Gasteiger partial charge on any atom is 0.269 e. The third-order valence-corrected chi connectivity index (χ3v) is 4.21. The molecule has 1 unspecified atom stereocenters. The molecule has 1 fully saturated rings. The Morgan fingerprint density at radius 3 is 2.65 bits per heavy atom. The number of carbonyl (C=O) groups is 2. The lowest BCUT2D eigenvalue weighted by molar-refractivity contribution is -0.384. The molecular weight excluding hydrogens is 338 g/mol. The molecule has 1 N–H and O–H groups in total. The van der Waals surface area contributed by atoms with Crippen LogP contribution in [0.2, 0.25) is 0 Å². The lowest BCUT2D eigenvalue weighted by atomic mass is 10.1. The van der Waals surface area contributed by atoms with Crippen LogP contribution in [0.1, 0.15) is 6.42 Å². The van der Waals surface area contributed by atoms with E-state index in [0.29, 0.717) is 17.1 Å². The van der Waals surface area contributed by atoms with Crippen LogP contribution in [0.25, 0.3) is 0 Å². The lowest BCUT2D eigenvalue weighted by Gasteiger charge is -2.17. The summed E-state index contributed by atoms with van der Waals surface area (Å²) < 4.78 is 5.16. The number of anilines is 2. The number of benzene rings is 2. The first-order chi connectivity index (χ1) is 12.5. The Morgan fingerprint density at radius 2 is 2.00 bits per heavy atom. The van der Waals surface area contributed by atoms with E-state index in [4.69, 9.17) is 4.74 Å². The van der Waals surface area contributed by atoms with Crippen molar-refractivity contribution in [1.82, 2.24) is 0 Å². The molecule has 1 saturated heterocycles. The summed E-state index contributed by atoms with van der Waals surface area (Å²) in [5, 5.41) is 13.4. The van der Waals surface area contributed by atoms with Crippen molar-refractivity contribution >= 4 is 28.9 Å². The second kappa shape index (κ2) is 7.22. The zero-order valence-electron chi connectivity index (χ0n) is 14.0. The molecule has 0 radical (unpaired) electrons. The second-order valence-electron chi connectivity index (χ2n) is 5.90. The predicted octanol–water partition coefficient (Wildman–Crippen LogP) is 2.60. The average molecular weight is 355 g/mol. The highest BCUT2D eigenvalue weighted by atomic mass is 16.6. The number of ether oxygens (including phenoxy) is 1. The van der Waals surface area contributed by atoms with Gasteiger partial charge < -0.3 is 15.0 Å². The van der Waals surface area contributed by atoms with Crippen LogP contribution in [0, 0.1) is 16.0 Å². The van der Waals surface area contributed by atoms with E-state index in [1.165, 1.54) is 24.3 Å². The van der Waals surface area contributed by atoms with E-state index in [2.05, 4.69) is 5.32 Å². The van der Waals surface area contributed by atoms with Gasteiger partial charge >= 0.3 is 0 Å². The summed E-state index contributed by atoms with van der Waals surface area (Å²) >= 11 is 0. The molecule has 0 spiro atoms. The molecule has 2 amide bonds. The third-order valence-electron chi connectivity index (χ3n) is 4.21. The zero-order valence-corrected chi connectivity index (χ0v) is 14.0. The van der Waals surface area contributed by atoms with E-state index in [0.717, 1.165) is 0 Å². The van der Waals surface area contributed by atoms with Crippen molar-refractivity contribution < 1.29 is 19.2 Å². The highest BCUT2D eigenvalue weighted by molar-refractivity contribution is 6.03. The fourth-order valence-corrected chi connectivity index (χ4v) is 2.82. The van der Waals surface area contributed by atoms with Gasteiger partial charge in [0, 0.05) is 42.5 Å². The standard InChI is InChI=1S/C18H17N3O5/c1-26-16-4-2-3-15(10-16)20-11-12(9-17(20)22)18(23)19-13-5-7-14(8-6-13)21(24)25/h2-8,10,12H,9,11H2,1H3,(H,19,23). The molecule has 1 atom stereocenters. The Morgan fingerprint density at radius 1 is 1.27 bits per heavy atom. The molecular formula is C18H17N3O5. The number of nitrogens with zero attached hydrogens (tertiary/aromatic N) is 2. The smallest absolute Gasteiger partial charge is 0.269 e. The van der Waals surface area contributed by atoms with Gasteiger partial charge in [-0.2, -0.15) is 0 Å². The number of rotatable bonds is 5. The Kier molecular flexibility index (Phi) is 4.83. The molecule has 3 rings (SSSR count). The molecule has 0 saturated carbocycles. The van der Waals surface area contributed by atoms with Crippen LogP contribution in [0.3, 0.4) is 0 Å². The number of methoxy groups -OCH3 is 1. The number of hydrogen-bond donors (Lipinski definition) is 1. The number of non-ortho nitro benzene ring substituents is 1. The van der Waals surface area contributed by atoms with Gasteiger partial charge in [-0.3, -0.25) is 19.7 Å². The van der Waals surface area contributed by atoms with Crippen LogP contribution in [-0.4, -0.2) is 30.4 Å². The van der Waals surface area contributed by atoms with Crippen LogP contribution in [0.15, 0.2) is 48.5 Å². The van der Waals surface area contributed by atoms with Crippen LogP contribution < -0.4 is 15.0 Å². The Bertz CT molecular complexity index is 850. The molecule has 134 valence electrons. The van der Waals surface area contributed by atoms with Crippen LogP contribution in [0.4, 0.5) is 17.1 Å². The number of nitro benzene ring substituents is 1. The van der Waals surface area contributed by atoms with Gasteiger partial charge in [0.15, 0.2) is 0 Å². The summed E-state index contributed by atoms with van der Waals surface area (Å²) in [5.74, 6) is -0.294. The molecule has 2 aromatic rings. The third kappa shape index (κ3) is 3.64. The topological polar surface area (TPSA) is 102 Å². The van der Waals surface area contributed by atoms with E-state index in [-0.39, 0.29) is 30.5 Å². The van der Waals surface area contributed by atoms with E-state index in [1.807, 2.05) is 0 Å². The first-order valence-electron chi connectivity index (χ1n) is 7.97. The van der Waals surface area contributed by atoms with Crippen LogP contribution in [0.5, 0.6) is 5.75 Å². The molecule has 2 aromatic carbocycles. The fourth-order valence-electron chi connectivity index (χ4n) is 2.82. The van der Waals surface area contributed by atoms with Gasteiger partial charge in [0.1, 0.15) is 5.75 Å². The van der Waals surface area contributed by atoms with E-state index in [9.17, 15) is 19.7 Å². The van der Waals surface area contributed by atoms with E-state index >= 15 is 0 Å². The van der Waals surface area contributed by atoms with Gasteiger partial charge in [0.05, 0.1) is 18.0 Å². The number of amides is 2. The molecule has 0 aliphatic carbocycles. The number of hydrogen-bond acceptors (Lipinski definition) is 5. The van der Waals surface area contributed by atoms with Gasteiger partial charge in [-0.1, -0.05) is 6.07 Å². The van der Waals surface area contributed by atoms with Crippen molar-refractivity contribution in [1.29, 1.82) is 0 Å². The molecule has 1 aliphatic heterocycles. The quantitative estimate of drug-likeness (QED) is 0.656. The highest BCUT2D eigenvalue weighted by Crippen LogP contribution is 2.28. The zero-order chi connectivity index (χ0) is 18.7. The summed E-state index contributed by atoms with van der Waals surface area (Å²) in [6, 6.07) is 12.7. The monoisotopic (exact) mass is 355 g/mol. The minimum absolute atomic E-state index is 0.0526. The van der Waals surface area contributed by atoms with Crippen molar-refractivity contribution in [2.45, 2.75) is 6.42 Å². The van der Waals surface area contributed by atoms with E-state index in [1.54, 1.807) is 36.3 Å². The first kappa shape index (κ1) is 17.4. The summed E-state index contributed by atoms with van der Waals surface area (Å²) in [6.45, 7) is 0.269. The Hall–Kier alpha value is -3.42. The van der Waals surface area contributed by atoms with Gasteiger partial charge in [-0.25, -0.2) is 0 Å². The fraction of sp³-hybridized carbons (Fsp3) is 0.222. The van der Waals surface area contributed by atoms with Gasteiger partial charge in [-0.15, -0.1) is 0 Å². The van der Waals surface area contributed by atoms with Gasteiger partial charge in [-0.05, 0) is 24.3 Å². The van der Waals surface area contributed by atoms with Gasteiger partial charge in [0.2, 0.25) is 11.8 Å². The summed E-state index contributed by atoms with van der Waals surface area (Å²) in [6.07, 6.45) is 0.107. The van der Waals surface area contributed by atoms with Crippen LogP contribution in [-0.2, 0) is 9.59 Å². The van der Waals surface area contributed by atoms with Crippen molar-refractivity contribution in [2.24, 2.45) is 5.92 Å². The number of nitro groups is 1. The van der Waals surface area contributed by atoms with Crippen LogP contribution >= 0.6 is 0 Å². The minimum Gasteiger partial charge on any atom is -0.497 e. The van der Waals surface area contributed by atoms with E-state index < -0.39 is 10.8 Å². The number of nitrogens with one attached hydrogen (secondary N) is 1. The largest absolute Gasteiger partial charge is 0.497 e. The van der Waals surface area contributed by atoms with Crippen molar-refractivity contribution in [3.63, 3.8) is 0 Å². The summed E-state index contributed by atoms with van der Waals surface area (Å²) in [5.41, 5.74) is 1.08. The van der Waals surface area contributed by atoms with Crippen molar-refractivity contribution in [3.05, 3.63) is 58.6 Å². The average Bonchev–Trinajstić information content (AvgIpc) is 3.04. The number of carbonyl (C=O) groups excluding carboxylic acids is 2. The van der Waals surface area contributed by atoms with Crippen molar-refractivity contribution in [3.8, 4) is 5.75 Å².